The first kappa shape index (κ1) is 10.7. The highest BCUT2D eigenvalue weighted by Crippen LogP contribution is 1.91. The molecule has 1 N–H and O–H groups in total. The van der Waals surface area contributed by atoms with Gasteiger partial charge in [-0.2, -0.15) is 0 Å². The predicted octanol–water partition coefficient (Wildman–Crippen LogP) is 0.195. The second kappa shape index (κ2) is 4.51. The van der Waals surface area contributed by atoms with Crippen molar-refractivity contribution in [3.63, 3.8) is 0 Å². The summed E-state index contributed by atoms with van der Waals surface area (Å²) in [7, 11) is -2.89. The normalized spacial score (nSPS) is 14.4. The van der Waals surface area contributed by atoms with Crippen LogP contribution in [0.3, 0.4) is 0 Å². The van der Waals surface area contributed by atoms with Crippen LogP contribution in [0.1, 0.15) is 6.92 Å². The van der Waals surface area contributed by atoms with E-state index in [-0.39, 0.29) is 11.8 Å². The van der Waals surface area contributed by atoms with Gasteiger partial charge in [0.25, 0.3) is 0 Å². The van der Waals surface area contributed by atoms with Crippen LogP contribution < -0.4 is 5.32 Å². The Morgan fingerprint density at radius 2 is 2.18 bits per heavy atom. The molecule has 0 spiro atoms. The molecule has 1 atom stereocenters. The van der Waals surface area contributed by atoms with Gasteiger partial charge in [0.05, 0.1) is 5.75 Å². The molecule has 0 aromatic rings. The SMILES string of the molecule is C=CC(CS(C)(=O)=O)NCC. The summed E-state index contributed by atoms with van der Waals surface area (Å²) in [5.41, 5.74) is 0. The fourth-order valence-corrected chi connectivity index (χ4v) is 1.70. The number of likely N-dealkylation sites (N-methyl/N-ethyl adjacent to an activating group) is 1. The third-order valence-corrected chi connectivity index (χ3v) is 2.20. The van der Waals surface area contributed by atoms with Crippen LogP contribution in [-0.2, 0) is 9.84 Å². The van der Waals surface area contributed by atoms with Gasteiger partial charge in [-0.25, -0.2) is 8.42 Å². The zero-order chi connectivity index (χ0) is 8.91. The smallest absolute Gasteiger partial charge is 0.149 e. The largest absolute Gasteiger partial charge is 0.310 e. The quantitative estimate of drug-likeness (QED) is 0.610. The van der Waals surface area contributed by atoms with Crippen LogP contribution in [0.25, 0.3) is 0 Å². The van der Waals surface area contributed by atoms with Gasteiger partial charge in [-0.1, -0.05) is 13.0 Å². The number of rotatable bonds is 5. The van der Waals surface area contributed by atoms with Crippen molar-refractivity contribution in [2.24, 2.45) is 0 Å². The van der Waals surface area contributed by atoms with E-state index in [0.29, 0.717) is 0 Å². The Labute approximate surface area is 68.4 Å². The van der Waals surface area contributed by atoms with Gasteiger partial charge in [0.15, 0.2) is 0 Å². The van der Waals surface area contributed by atoms with Crippen LogP contribution in [-0.4, -0.2) is 33.0 Å². The molecule has 0 saturated heterocycles. The average molecular weight is 177 g/mol. The van der Waals surface area contributed by atoms with Crippen molar-refractivity contribution in [2.75, 3.05) is 18.6 Å². The molecule has 11 heavy (non-hydrogen) atoms. The lowest BCUT2D eigenvalue weighted by molar-refractivity contribution is 0.585. The average Bonchev–Trinajstić information content (AvgIpc) is 1.84. The third kappa shape index (κ3) is 6.06. The van der Waals surface area contributed by atoms with Gasteiger partial charge in [-0.05, 0) is 6.54 Å². The monoisotopic (exact) mass is 177 g/mol. The summed E-state index contributed by atoms with van der Waals surface area (Å²) >= 11 is 0. The highest BCUT2D eigenvalue weighted by atomic mass is 32.2. The van der Waals surface area contributed by atoms with E-state index in [4.69, 9.17) is 0 Å². The summed E-state index contributed by atoms with van der Waals surface area (Å²) in [4.78, 5) is 0. The Balaban J connectivity index is 3.98. The molecule has 3 nitrogen and oxygen atoms in total. The van der Waals surface area contributed by atoms with Gasteiger partial charge in [0.1, 0.15) is 9.84 Å². The minimum atomic E-state index is -2.89. The van der Waals surface area contributed by atoms with Crippen LogP contribution in [0.5, 0.6) is 0 Å². The number of hydrogen-bond donors (Lipinski definition) is 1. The second-order valence-electron chi connectivity index (χ2n) is 2.49. The number of sulfone groups is 1. The minimum absolute atomic E-state index is 0.116. The Morgan fingerprint density at radius 3 is 2.45 bits per heavy atom. The number of nitrogens with one attached hydrogen (secondary N) is 1. The van der Waals surface area contributed by atoms with E-state index in [1.165, 1.54) is 6.26 Å². The summed E-state index contributed by atoms with van der Waals surface area (Å²) in [6.45, 7) is 6.22. The molecule has 0 aliphatic rings. The maximum absolute atomic E-state index is 10.8. The summed E-state index contributed by atoms with van der Waals surface area (Å²) in [5, 5.41) is 2.99. The molecule has 66 valence electrons. The highest BCUT2D eigenvalue weighted by Gasteiger charge is 2.09. The van der Waals surface area contributed by atoms with E-state index in [9.17, 15) is 8.42 Å². The van der Waals surface area contributed by atoms with Crippen molar-refractivity contribution in [3.8, 4) is 0 Å². The van der Waals surface area contributed by atoms with Crippen LogP contribution in [0, 0.1) is 0 Å². The van der Waals surface area contributed by atoms with Crippen molar-refractivity contribution in [1.29, 1.82) is 0 Å². The van der Waals surface area contributed by atoms with Gasteiger partial charge in [0, 0.05) is 12.3 Å². The number of hydrogen-bond acceptors (Lipinski definition) is 3. The lowest BCUT2D eigenvalue weighted by atomic mass is 10.3. The Kier molecular flexibility index (Phi) is 4.37. The Morgan fingerprint density at radius 1 is 1.64 bits per heavy atom. The zero-order valence-corrected chi connectivity index (χ0v) is 7.82. The van der Waals surface area contributed by atoms with Crippen molar-refractivity contribution in [2.45, 2.75) is 13.0 Å². The Bertz CT molecular complexity index is 208. The highest BCUT2D eigenvalue weighted by molar-refractivity contribution is 7.90. The van der Waals surface area contributed by atoms with Crippen LogP contribution in [0.2, 0.25) is 0 Å². The van der Waals surface area contributed by atoms with E-state index < -0.39 is 9.84 Å². The van der Waals surface area contributed by atoms with Crippen molar-refractivity contribution >= 4 is 9.84 Å². The maximum Gasteiger partial charge on any atom is 0.149 e. The molecule has 0 aliphatic heterocycles. The lowest BCUT2D eigenvalue weighted by Gasteiger charge is -2.10. The molecule has 0 fully saturated rings. The van der Waals surface area contributed by atoms with E-state index in [1.807, 2.05) is 6.92 Å². The lowest BCUT2D eigenvalue weighted by Crippen LogP contribution is -2.33. The van der Waals surface area contributed by atoms with Gasteiger partial charge < -0.3 is 5.32 Å². The summed E-state index contributed by atoms with van der Waals surface area (Å²) < 4.78 is 21.6. The molecule has 0 aliphatic carbocycles. The molecule has 0 bridgehead atoms. The van der Waals surface area contributed by atoms with Crippen LogP contribution in [0.15, 0.2) is 12.7 Å². The maximum atomic E-state index is 10.8. The first-order chi connectivity index (χ1) is 4.99. The minimum Gasteiger partial charge on any atom is -0.310 e. The molecule has 0 radical (unpaired) electrons. The summed E-state index contributed by atoms with van der Waals surface area (Å²) in [5.74, 6) is 0.129. The third-order valence-electron chi connectivity index (χ3n) is 1.23. The zero-order valence-electron chi connectivity index (χ0n) is 7.00. The summed E-state index contributed by atoms with van der Waals surface area (Å²) in [6.07, 6.45) is 2.84. The predicted molar refractivity (Wildman–Crippen MR) is 47.4 cm³/mol. The molecule has 0 amide bonds. The van der Waals surface area contributed by atoms with E-state index in [1.54, 1.807) is 6.08 Å². The molecule has 0 rings (SSSR count). The fraction of sp³-hybridized carbons (Fsp3) is 0.714. The van der Waals surface area contributed by atoms with E-state index in [2.05, 4.69) is 11.9 Å². The molecular formula is C7H15NO2S. The van der Waals surface area contributed by atoms with Gasteiger partial charge >= 0.3 is 0 Å². The molecule has 0 saturated carbocycles. The van der Waals surface area contributed by atoms with Crippen LogP contribution in [0.4, 0.5) is 0 Å². The second-order valence-corrected chi connectivity index (χ2v) is 4.68. The van der Waals surface area contributed by atoms with E-state index in [0.717, 1.165) is 6.54 Å². The molecule has 4 heteroatoms. The van der Waals surface area contributed by atoms with Gasteiger partial charge in [-0.3, -0.25) is 0 Å². The van der Waals surface area contributed by atoms with Crippen molar-refractivity contribution in [3.05, 3.63) is 12.7 Å². The first-order valence-electron chi connectivity index (χ1n) is 3.53. The summed E-state index contributed by atoms with van der Waals surface area (Å²) in [6, 6.07) is -0.116. The topological polar surface area (TPSA) is 46.2 Å². The van der Waals surface area contributed by atoms with Gasteiger partial charge in [-0.15, -0.1) is 6.58 Å². The van der Waals surface area contributed by atoms with Crippen LogP contribution >= 0.6 is 0 Å². The standard InChI is InChI=1S/C7H15NO2S/c1-4-7(8-5-2)6-11(3,9)10/h4,7-8H,1,5-6H2,2-3H3. The molecule has 0 aromatic carbocycles. The van der Waals surface area contributed by atoms with Crippen molar-refractivity contribution < 1.29 is 8.42 Å². The fourth-order valence-electron chi connectivity index (χ4n) is 0.799. The molecule has 0 heterocycles. The van der Waals surface area contributed by atoms with Crippen molar-refractivity contribution in [1.82, 2.24) is 5.32 Å². The first-order valence-corrected chi connectivity index (χ1v) is 5.59. The molecule has 0 aromatic heterocycles. The molecular weight excluding hydrogens is 162 g/mol. The Hall–Kier alpha value is -0.350. The van der Waals surface area contributed by atoms with E-state index >= 15 is 0 Å². The van der Waals surface area contributed by atoms with Gasteiger partial charge in [0.2, 0.25) is 0 Å². The molecule has 1 unspecified atom stereocenters.